The first-order chi connectivity index (χ1) is 4.42. The van der Waals surface area contributed by atoms with E-state index in [4.69, 9.17) is 4.74 Å². The van der Waals surface area contributed by atoms with Crippen LogP contribution in [-0.4, -0.2) is 12.2 Å². The van der Waals surface area contributed by atoms with Crippen LogP contribution in [0, 0.1) is 11.8 Å². The molecule has 0 radical (unpaired) electrons. The Bertz CT molecular complexity index is 127. The van der Waals surface area contributed by atoms with Crippen molar-refractivity contribution in [1.29, 1.82) is 0 Å². The van der Waals surface area contributed by atoms with Crippen LogP contribution in [-0.2, 0) is 4.74 Å². The molecule has 2 aliphatic carbocycles. The van der Waals surface area contributed by atoms with Crippen LogP contribution in [0.15, 0.2) is 0 Å². The third-order valence-electron chi connectivity index (χ3n) is 3.01. The molecular formula is C8H12O. The van der Waals surface area contributed by atoms with Gasteiger partial charge in [-0.05, 0) is 37.5 Å². The summed E-state index contributed by atoms with van der Waals surface area (Å²) in [5.41, 5.74) is 0.472. The maximum absolute atomic E-state index is 5.54. The molecule has 0 bridgehead atoms. The molecule has 0 aromatic heterocycles. The minimum Gasteiger partial charge on any atom is -0.369 e. The third-order valence-corrected chi connectivity index (χ3v) is 3.01. The second-order valence-electron chi connectivity index (χ2n) is 3.79. The molecule has 3 aliphatic rings. The quantitative estimate of drug-likeness (QED) is 0.509. The SMILES string of the molecule is C1CC1C1(C2CC2)CO1. The maximum atomic E-state index is 5.54. The van der Waals surface area contributed by atoms with Gasteiger partial charge in [0.2, 0.25) is 0 Å². The molecule has 0 aromatic rings. The van der Waals surface area contributed by atoms with Gasteiger partial charge >= 0.3 is 0 Å². The summed E-state index contributed by atoms with van der Waals surface area (Å²) in [6, 6.07) is 0. The number of rotatable bonds is 2. The van der Waals surface area contributed by atoms with Crippen LogP contribution in [0.5, 0.6) is 0 Å². The van der Waals surface area contributed by atoms with Gasteiger partial charge in [-0.15, -0.1) is 0 Å². The first-order valence-corrected chi connectivity index (χ1v) is 4.06. The zero-order valence-electron chi connectivity index (χ0n) is 5.60. The van der Waals surface area contributed by atoms with E-state index in [1.54, 1.807) is 0 Å². The Kier molecular flexibility index (Phi) is 0.628. The molecule has 9 heavy (non-hydrogen) atoms. The zero-order valence-corrected chi connectivity index (χ0v) is 5.60. The van der Waals surface area contributed by atoms with Gasteiger partial charge in [-0.25, -0.2) is 0 Å². The molecule has 1 heteroatoms. The molecule has 1 saturated heterocycles. The van der Waals surface area contributed by atoms with Crippen molar-refractivity contribution >= 4 is 0 Å². The van der Waals surface area contributed by atoms with Gasteiger partial charge in [0.05, 0.1) is 12.2 Å². The Morgan fingerprint density at radius 2 is 1.44 bits per heavy atom. The van der Waals surface area contributed by atoms with E-state index >= 15 is 0 Å². The Morgan fingerprint density at radius 3 is 1.67 bits per heavy atom. The van der Waals surface area contributed by atoms with Gasteiger partial charge in [0.25, 0.3) is 0 Å². The smallest absolute Gasteiger partial charge is 0.0972 e. The third kappa shape index (κ3) is 0.536. The van der Waals surface area contributed by atoms with E-state index in [0.29, 0.717) is 5.60 Å². The van der Waals surface area contributed by atoms with Crippen LogP contribution in [0.4, 0.5) is 0 Å². The number of hydrogen-bond donors (Lipinski definition) is 0. The molecule has 1 aliphatic heterocycles. The molecule has 2 saturated carbocycles. The number of hydrogen-bond acceptors (Lipinski definition) is 1. The van der Waals surface area contributed by atoms with Crippen LogP contribution in [0.2, 0.25) is 0 Å². The minimum absolute atomic E-state index is 0.472. The van der Waals surface area contributed by atoms with Gasteiger partial charge in [0.1, 0.15) is 0 Å². The molecule has 0 unspecified atom stereocenters. The van der Waals surface area contributed by atoms with Crippen LogP contribution in [0.1, 0.15) is 25.7 Å². The summed E-state index contributed by atoms with van der Waals surface area (Å²) in [4.78, 5) is 0. The van der Waals surface area contributed by atoms with Gasteiger partial charge in [0, 0.05) is 0 Å². The second-order valence-corrected chi connectivity index (χ2v) is 3.79. The van der Waals surface area contributed by atoms with Crippen LogP contribution >= 0.6 is 0 Å². The predicted octanol–water partition coefficient (Wildman–Crippen LogP) is 1.58. The molecule has 1 nitrogen and oxygen atoms in total. The standard InChI is InChI=1S/C8H12O/c1-2-6(1)8(5-9-8)7-3-4-7/h6-7H,1-5H2. The summed E-state index contributed by atoms with van der Waals surface area (Å²) in [5.74, 6) is 1.98. The topological polar surface area (TPSA) is 12.5 Å². The highest BCUT2D eigenvalue weighted by Gasteiger charge is 2.63. The predicted molar refractivity (Wildman–Crippen MR) is 34.1 cm³/mol. The molecule has 0 spiro atoms. The Balaban J connectivity index is 1.82. The van der Waals surface area contributed by atoms with Crippen LogP contribution in [0.25, 0.3) is 0 Å². The van der Waals surface area contributed by atoms with Crippen molar-refractivity contribution in [3.63, 3.8) is 0 Å². The molecule has 0 atom stereocenters. The summed E-state index contributed by atoms with van der Waals surface area (Å²) in [5, 5.41) is 0. The number of ether oxygens (including phenoxy) is 1. The summed E-state index contributed by atoms with van der Waals surface area (Å²) >= 11 is 0. The zero-order chi connectivity index (χ0) is 5.90. The van der Waals surface area contributed by atoms with Gasteiger partial charge < -0.3 is 4.74 Å². The van der Waals surface area contributed by atoms with E-state index in [9.17, 15) is 0 Å². The summed E-state index contributed by atoms with van der Waals surface area (Å²) in [6.45, 7) is 1.10. The minimum atomic E-state index is 0.472. The highest BCUT2D eigenvalue weighted by molar-refractivity contribution is 5.12. The highest BCUT2D eigenvalue weighted by Crippen LogP contribution is 2.60. The summed E-state index contributed by atoms with van der Waals surface area (Å²) in [7, 11) is 0. The largest absolute Gasteiger partial charge is 0.369 e. The monoisotopic (exact) mass is 124 g/mol. The van der Waals surface area contributed by atoms with E-state index in [0.717, 1.165) is 18.4 Å². The van der Waals surface area contributed by atoms with Crippen LogP contribution < -0.4 is 0 Å². The fourth-order valence-electron chi connectivity index (χ4n) is 2.03. The van der Waals surface area contributed by atoms with Crippen molar-refractivity contribution < 1.29 is 4.74 Å². The normalized spacial score (nSPS) is 38.7. The van der Waals surface area contributed by atoms with Gasteiger partial charge in [-0.3, -0.25) is 0 Å². The molecule has 3 rings (SSSR count). The lowest BCUT2D eigenvalue weighted by atomic mass is 9.99. The van der Waals surface area contributed by atoms with Crippen molar-refractivity contribution in [2.75, 3.05) is 6.61 Å². The second kappa shape index (κ2) is 1.20. The highest BCUT2D eigenvalue weighted by atomic mass is 16.6. The molecule has 0 N–H and O–H groups in total. The average molecular weight is 124 g/mol. The first-order valence-electron chi connectivity index (χ1n) is 4.06. The molecule has 50 valence electrons. The Labute approximate surface area is 55.4 Å². The van der Waals surface area contributed by atoms with Gasteiger partial charge in [-0.1, -0.05) is 0 Å². The summed E-state index contributed by atoms with van der Waals surface area (Å²) in [6.07, 6.45) is 5.82. The van der Waals surface area contributed by atoms with Crippen molar-refractivity contribution in [2.24, 2.45) is 11.8 Å². The fourth-order valence-corrected chi connectivity index (χ4v) is 2.03. The van der Waals surface area contributed by atoms with Crippen molar-refractivity contribution in [1.82, 2.24) is 0 Å². The van der Waals surface area contributed by atoms with E-state index in [-0.39, 0.29) is 0 Å². The maximum Gasteiger partial charge on any atom is 0.0972 e. The lowest BCUT2D eigenvalue weighted by molar-refractivity contribution is 0.245. The first kappa shape index (κ1) is 4.73. The lowest BCUT2D eigenvalue weighted by Crippen LogP contribution is -2.16. The summed E-state index contributed by atoms with van der Waals surface area (Å²) < 4.78 is 5.54. The fraction of sp³-hybridized carbons (Fsp3) is 1.00. The van der Waals surface area contributed by atoms with Gasteiger partial charge in [0.15, 0.2) is 0 Å². The van der Waals surface area contributed by atoms with E-state index in [2.05, 4.69) is 0 Å². The molecular weight excluding hydrogens is 112 g/mol. The average Bonchev–Trinajstić information content (AvgIpc) is 2.67. The van der Waals surface area contributed by atoms with E-state index < -0.39 is 0 Å². The van der Waals surface area contributed by atoms with Crippen molar-refractivity contribution in [2.45, 2.75) is 31.3 Å². The van der Waals surface area contributed by atoms with Crippen molar-refractivity contribution in [3.8, 4) is 0 Å². The lowest BCUT2D eigenvalue weighted by Gasteiger charge is -2.05. The van der Waals surface area contributed by atoms with Crippen molar-refractivity contribution in [3.05, 3.63) is 0 Å². The molecule has 0 aromatic carbocycles. The molecule has 1 heterocycles. The Morgan fingerprint density at radius 1 is 1.00 bits per heavy atom. The molecule has 0 amide bonds. The van der Waals surface area contributed by atoms with E-state index in [1.807, 2.05) is 0 Å². The van der Waals surface area contributed by atoms with Gasteiger partial charge in [-0.2, -0.15) is 0 Å². The van der Waals surface area contributed by atoms with Crippen LogP contribution in [0.3, 0.4) is 0 Å². The Hall–Kier alpha value is -0.0400. The van der Waals surface area contributed by atoms with E-state index in [1.165, 1.54) is 25.7 Å². The molecule has 3 fully saturated rings. The number of epoxide rings is 1.